The second kappa shape index (κ2) is 6.96. The van der Waals surface area contributed by atoms with Gasteiger partial charge in [-0.25, -0.2) is 9.59 Å². The number of ether oxygens (including phenoxy) is 1. The number of hydrogen-bond acceptors (Lipinski definition) is 5. The molecule has 19 heavy (non-hydrogen) atoms. The molecular weight excluding hydrogens is 274 g/mol. The average molecular weight is 288 g/mol. The van der Waals surface area contributed by atoms with Crippen molar-refractivity contribution in [1.29, 1.82) is 0 Å². The van der Waals surface area contributed by atoms with Gasteiger partial charge in [0.25, 0.3) is 0 Å². The summed E-state index contributed by atoms with van der Waals surface area (Å²) in [6.45, 7) is 0.0938. The number of rotatable bonds is 6. The molecule has 1 aromatic carbocycles. The van der Waals surface area contributed by atoms with Crippen LogP contribution in [0.3, 0.4) is 0 Å². The van der Waals surface area contributed by atoms with Gasteiger partial charge in [-0.2, -0.15) is 0 Å². The third-order valence-electron chi connectivity index (χ3n) is 2.38. The average Bonchev–Trinajstić information content (AvgIpc) is 2.43. The number of esters is 1. The molecule has 0 heterocycles. The molecule has 0 radical (unpaired) electrons. The van der Waals surface area contributed by atoms with Crippen LogP contribution in [0.2, 0.25) is 0 Å². The van der Waals surface area contributed by atoms with Crippen LogP contribution in [0, 0.1) is 0 Å². The van der Waals surface area contributed by atoms with E-state index in [0.717, 1.165) is 0 Å². The molecule has 3 N–H and O–H groups in total. The van der Waals surface area contributed by atoms with Gasteiger partial charge in [0.2, 0.25) is 0 Å². The number of nitrogens with one attached hydrogen (secondary N) is 1. The maximum Gasteiger partial charge on any atom is 0.339 e. The fourth-order valence-corrected chi connectivity index (χ4v) is 1.50. The molecule has 0 aliphatic heterocycles. The van der Waals surface area contributed by atoms with Crippen LogP contribution in [0.15, 0.2) is 18.2 Å². The highest BCUT2D eigenvalue weighted by molar-refractivity contribution is 6.18. The first-order chi connectivity index (χ1) is 8.99. The summed E-state index contributed by atoms with van der Waals surface area (Å²) in [6.07, 6.45) is -0.805. The standard InChI is InChI=1S/C12H14ClNO5/c1-19-12(18)9-3-2-7(11(16)17)4-10(9)14-6-8(15)5-13/h2-4,8,14-15H,5-6H2,1H3,(H,16,17). The largest absolute Gasteiger partial charge is 0.478 e. The zero-order valence-corrected chi connectivity index (χ0v) is 11.0. The normalized spacial score (nSPS) is 11.7. The van der Waals surface area contributed by atoms with Gasteiger partial charge in [-0.05, 0) is 18.2 Å². The molecule has 1 aromatic rings. The molecular formula is C12H14ClNO5. The minimum Gasteiger partial charge on any atom is -0.478 e. The highest BCUT2D eigenvalue weighted by Crippen LogP contribution is 2.19. The molecule has 1 unspecified atom stereocenters. The number of benzene rings is 1. The summed E-state index contributed by atoms with van der Waals surface area (Å²) in [5.74, 6) is -1.68. The Morgan fingerprint density at radius 3 is 2.68 bits per heavy atom. The zero-order chi connectivity index (χ0) is 14.4. The highest BCUT2D eigenvalue weighted by Gasteiger charge is 2.15. The molecule has 0 spiro atoms. The summed E-state index contributed by atoms with van der Waals surface area (Å²) in [7, 11) is 1.23. The Balaban J connectivity index is 3.03. The summed E-state index contributed by atoms with van der Waals surface area (Å²) in [6, 6.07) is 3.96. The number of carboxylic acids is 1. The van der Waals surface area contributed by atoms with Gasteiger partial charge in [0.1, 0.15) is 0 Å². The molecule has 104 valence electrons. The van der Waals surface area contributed by atoms with E-state index in [0.29, 0.717) is 0 Å². The van der Waals surface area contributed by atoms with Gasteiger partial charge in [0.05, 0.1) is 30.2 Å². The van der Waals surface area contributed by atoms with Crippen LogP contribution < -0.4 is 5.32 Å². The Morgan fingerprint density at radius 1 is 1.47 bits per heavy atom. The lowest BCUT2D eigenvalue weighted by atomic mass is 10.1. The van der Waals surface area contributed by atoms with E-state index in [-0.39, 0.29) is 29.2 Å². The Bertz CT molecular complexity index is 477. The molecule has 1 rings (SSSR count). The van der Waals surface area contributed by atoms with Crippen molar-refractivity contribution >= 4 is 29.2 Å². The summed E-state index contributed by atoms with van der Waals surface area (Å²) >= 11 is 5.45. The highest BCUT2D eigenvalue weighted by atomic mass is 35.5. The van der Waals surface area contributed by atoms with Crippen molar-refractivity contribution in [3.8, 4) is 0 Å². The smallest absolute Gasteiger partial charge is 0.339 e. The minimum absolute atomic E-state index is 0.0236. The van der Waals surface area contributed by atoms with Gasteiger partial charge < -0.3 is 20.3 Å². The predicted molar refractivity (Wildman–Crippen MR) is 70.0 cm³/mol. The number of methoxy groups -OCH3 is 1. The molecule has 0 aliphatic rings. The molecule has 0 fully saturated rings. The number of carboxylic acid groups (broad SMARTS) is 1. The number of halogens is 1. The van der Waals surface area contributed by atoms with Gasteiger partial charge in [-0.1, -0.05) is 0 Å². The quantitative estimate of drug-likeness (QED) is 0.537. The number of aromatic carboxylic acids is 1. The van der Waals surface area contributed by atoms with Gasteiger partial charge in [0.15, 0.2) is 0 Å². The first kappa shape index (κ1) is 15.3. The van der Waals surface area contributed by atoms with Crippen molar-refractivity contribution in [2.45, 2.75) is 6.10 Å². The molecule has 0 bridgehead atoms. The fourth-order valence-electron chi connectivity index (χ4n) is 1.39. The molecule has 6 nitrogen and oxygen atoms in total. The fraction of sp³-hybridized carbons (Fsp3) is 0.333. The van der Waals surface area contributed by atoms with Crippen molar-refractivity contribution < 1.29 is 24.5 Å². The van der Waals surface area contributed by atoms with Gasteiger partial charge in [-0.3, -0.25) is 0 Å². The van der Waals surface area contributed by atoms with E-state index in [1.165, 1.54) is 25.3 Å². The van der Waals surface area contributed by atoms with E-state index in [1.54, 1.807) is 0 Å². The maximum atomic E-state index is 11.5. The van der Waals surface area contributed by atoms with Crippen molar-refractivity contribution in [2.75, 3.05) is 24.9 Å². The number of carbonyl (C=O) groups is 2. The van der Waals surface area contributed by atoms with Crippen molar-refractivity contribution in [3.05, 3.63) is 29.3 Å². The second-order valence-electron chi connectivity index (χ2n) is 3.75. The van der Waals surface area contributed by atoms with Gasteiger partial charge in [0, 0.05) is 12.2 Å². The number of hydrogen-bond donors (Lipinski definition) is 3. The van der Waals surface area contributed by atoms with E-state index in [4.69, 9.17) is 16.7 Å². The summed E-state index contributed by atoms with van der Waals surface area (Å²) < 4.78 is 4.60. The van der Waals surface area contributed by atoms with Crippen molar-refractivity contribution in [1.82, 2.24) is 0 Å². The van der Waals surface area contributed by atoms with E-state index in [1.807, 2.05) is 0 Å². The van der Waals surface area contributed by atoms with Crippen LogP contribution >= 0.6 is 11.6 Å². The first-order valence-corrected chi connectivity index (χ1v) is 5.96. The van der Waals surface area contributed by atoms with Gasteiger partial charge >= 0.3 is 11.9 Å². The van der Waals surface area contributed by atoms with Crippen LogP contribution in [-0.4, -0.2) is 47.8 Å². The molecule has 1 atom stereocenters. The lowest BCUT2D eigenvalue weighted by Gasteiger charge is -2.13. The van der Waals surface area contributed by atoms with Crippen molar-refractivity contribution in [3.63, 3.8) is 0 Å². The number of anilines is 1. The number of aliphatic hydroxyl groups is 1. The van der Waals surface area contributed by atoms with Crippen molar-refractivity contribution in [2.24, 2.45) is 0 Å². The second-order valence-corrected chi connectivity index (χ2v) is 4.05. The monoisotopic (exact) mass is 287 g/mol. The predicted octanol–water partition coefficient (Wildman–Crippen LogP) is 1.18. The zero-order valence-electron chi connectivity index (χ0n) is 10.2. The Labute approximate surface area is 114 Å². The Morgan fingerprint density at radius 2 is 2.16 bits per heavy atom. The first-order valence-electron chi connectivity index (χ1n) is 5.43. The van der Waals surface area contributed by atoms with E-state index >= 15 is 0 Å². The topological polar surface area (TPSA) is 95.9 Å². The van der Waals surface area contributed by atoms with Crippen LogP contribution in [0.25, 0.3) is 0 Å². The van der Waals surface area contributed by atoms with E-state index < -0.39 is 18.0 Å². The lowest BCUT2D eigenvalue weighted by molar-refractivity contribution is 0.0599. The Hall–Kier alpha value is -1.79. The van der Waals surface area contributed by atoms with Crippen LogP contribution in [0.1, 0.15) is 20.7 Å². The van der Waals surface area contributed by atoms with Crippen LogP contribution in [0.5, 0.6) is 0 Å². The maximum absolute atomic E-state index is 11.5. The lowest BCUT2D eigenvalue weighted by Crippen LogP contribution is -2.22. The molecule has 7 heteroatoms. The van der Waals surface area contributed by atoms with E-state index in [2.05, 4.69) is 10.1 Å². The number of aliphatic hydroxyl groups excluding tert-OH is 1. The molecule has 0 aromatic heterocycles. The molecule has 0 saturated heterocycles. The van der Waals surface area contributed by atoms with Crippen LogP contribution in [0.4, 0.5) is 5.69 Å². The number of alkyl halides is 1. The Kier molecular flexibility index (Phi) is 5.59. The minimum atomic E-state index is -1.11. The van der Waals surface area contributed by atoms with Gasteiger partial charge in [-0.15, -0.1) is 11.6 Å². The molecule has 0 saturated carbocycles. The van der Waals surface area contributed by atoms with Crippen LogP contribution in [-0.2, 0) is 4.74 Å². The summed E-state index contributed by atoms with van der Waals surface area (Å²) in [5.41, 5.74) is 0.487. The summed E-state index contributed by atoms with van der Waals surface area (Å²) in [5, 5.41) is 21.0. The third-order valence-corrected chi connectivity index (χ3v) is 2.73. The molecule has 0 amide bonds. The SMILES string of the molecule is COC(=O)c1ccc(C(=O)O)cc1NCC(O)CCl. The summed E-state index contributed by atoms with van der Waals surface area (Å²) in [4.78, 5) is 22.4. The molecule has 0 aliphatic carbocycles. The van der Waals surface area contributed by atoms with E-state index in [9.17, 15) is 14.7 Å². The number of carbonyl (C=O) groups excluding carboxylic acids is 1. The third kappa shape index (κ3) is 4.11.